The van der Waals surface area contributed by atoms with E-state index in [1.807, 2.05) is 69.2 Å². The monoisotopic (exact) mass is 683 g/mol. The molecule has 1 aromatic carbocycles. The fourth-order valence-corrected chi connectivity index (χ4v) is 6.61. The summed E-state index contributed by atoms with van der Waals surface area (Å²) in [4.78, 5) is 17.6. The second-order valence-electron chi connectivity index (χ2n) is 14.0. The average molecular weight is 684 g/mol. The Kier molecular flexibility index (Phi) is 11.8. The highest BCUT2D eigenvalue weighted by molar-refractivity contribution is 5.95. The normalized spacial score (nSPS) is 20.7. The highest BCUT2D eigenvalue weighted by Gasteiger charge is 2.31. The number of urea groups is 1. The molecule has 2 aromatic heterocycles. The van der Waals surface area contributed by atoms with Gasteiger partial charge in [0.05, 0.1) is 18.8 Å². The van der Waals surface area contributed by atoms with E-state index >= 15 is 0 Å². The average Bonchev–Trinajstić information content (AvgIpc) is 3.52. The molecule has 0 radical (unpaired) electrons. The first kappa shape index (κ1) is 36.4. The molecule has 0 saturated carbocycles. The largest absolute Gasteiger partial charge is 0.484 e. The van der Waals surface area contributed by atoms with Crippen LogP contribution in [-0.2, 0) is 6.54 Å². The molecule has 3 heterocycles. The van der Waals surface area contributed by atoms with Crippen molar-refractivity contribution in [2.75, 3.05) is 26.0 Å². The van der Waals surface area contributed by atoms with E-state index in [1.165, 1.54) is 0 Å². The van der Waals surface area contributed by atoms with Gasteiger partial charge in [-0.1, -0.05) is 38.1 Å². The highest BCUT2D eigenvalue weighted by Crippen LogP contribution is 2.38. The Morgan fingerprint density at radius 3 is 2.46 bits per heavy atom. The van der Waals surface area contributed by atoms with E-state index in [2.05, 4.69) is 44.7 Å². The number of fused-ring (bicyclic) bond motifs is 1. The molecule has 2 aliphatic rings. The van der Waals surface area contributed by atoms with Crippen LogP contribution < -0.4 is 26.2 Å². The van der Waals surface area contributed by atoms with Crippen molar-refractivity contribution >= 4 is 23.5 Å². The van der Waals surface area contributed by atoms with Gasteiger partial charge < -0.3 is 30.6 Å². The van der Waals surface area contributed by atoms with Crippen molar-refractivity contribution in [2.45, 2.75) is 90.6 Å². The number of pyridine rings is 1. The summed E-state index contributed by atoms with van der Waals surface area (Å²) in [6.45, 7) is 9.73. The smallest absolute Gasteiger partial charge is 0.320 e. The third-order valence-electron chi connectivity index (χ3n) is 9.46. The first-order chi connectivity index (χ1) is 23.9. The van der Waals surface area contributed by atoms with Gasteiger partial charge in [0.25, 0.3) is 0 Å². The van der Waals surface area contributed by atoms with Crippen molar-refractivity contribution in [1.82, 2.24) is 34.8 Å². The zero-order valence-electron chi connectivity index (χ0n) is 30.2. The second-order valence-corrected chi connectivity index (χ2v) is 14.0. The Labute approximate surface area is 295 Å². The number of likely N-dealkylation sites (tertiary alicyclic amines) is 1. The fraction of sp³-hybridized carbons (Fsp3) is 0.486. The van der Waals surface area contributed by atoms with Crippen LogP contribution in [0.4, 0.5) is 10.6 Å². The number of ether oxygens (including phenoxy) is 1. The second kappa shape index (κ2) is 16.2. The van der Waals surface area contributed by atoms with Gasteiger partial charge in [-0.05, 0) is 89.2 Å². The van der Waals surface area contributed by atoms with Crippen LogP contribution in [0.3, 0.4) is 0 Å². The SMILES string of the molecule is CC(C)C(=N)/C=C(/NC(=O)NC1CC[C@@H](Oc2ccc(=N)n(C(=N)N3C(C)CCCC3C)c2)c2ccccc21)Nc1ccn(CCN(C)C)n1. The van der Waals surface area contributed by atoms with E-state index in [9.17, 15) is 4.79 Å². The number of nitrogens with zero attached hydrogens (tertiary/aromatic N) is 5. The lowest BCUT2D eigenvalue weighted by Gasteiger charge is -2.41. The minimum absolute atomic E-state index is 0.0225. The van der Waals surface area contributed by atoms with Gasteiger partial charge in [0.1, 0.15) is 23.2 Å². The first-order valence-electron chi connectivity index (χ1n) is 17.6. The van der Waals surface area contributed by atoms with Gasteiger partial charge in [-0.2, -0.15) is 5.10 Å². The van der Waals surface area contributed by atoms with Crippen molar-refractivity contribution in [3.63, 3.8) is 0 Å². The van der Waals surface area contributed by atoms with Gasteiger partial charge in [0.15, 0.2) is 5.82 Å². The minimum Gasteiger partial charge on any atom is -0.484 e. The zero-order chi connectivity index (χ0) is 35.9. The van der Waals surface area contributed by atoms with E-state index in [0.717, 1.165) is 43.5 Å². The number of likely N-dealkylation sites (N-methyl/N-ethyl adjacent to an activating group) is 1. The minimum atomic E-state index is -0.390. The molecule has 1 saturated heterocycles. The summed E-state index contributed by atoms with van der Waals surface area (Å²) in [5.41, 5.74) is 2.56. The van der Waals surface area contributed by atoms with Crippen LogP contribution in [0.5, 0.6) is 5.75 Å². The van der Waals surface area contributed by atoms with E-state index in [-0.39, 0.29) is 35.6 Å². The number of anilines is 1. The quantitative estimate of drug-likeness (QED) is 0.113. The van der Waals surface area contributed by atoms with Gasteiger partial charge in [-0.3, -0.25) is 25.4 Å². The van der Waals surface area contributed by atoms with E-state index < -0.39 is 6.03 Å². The predicted molar refractivity (Wildman–Crippen MR) is 197 cm³/mol. The molecular weight excluding hydrogens is 630 g/mol. The molecular formula is C37H53N11O2. The standard InChI is InChI=1S/C37H53N11O2/c1-24(2)30(38)22-35(42-34-18-19-46(44-34)21-20-45(5)6)43-37(49)41-31-15-16-32(29-13-8-7-12-28(29)31)50-27-14-17-33(39)47(23-27)36(40)48-25(3)10-9-11-26(48)4/h7-8,12-14,17-19,22-26,31-32,38-40H,9-11,15-16,20-21H2,1-6H3,(H,42,44)(H2,41,43,49)/b35-22+,38-30?,39-33?,40-36?/t25?,26?,31?,32-/m1/s1. The molecule has 3 unspecified atom stereocenters. The number of aromatic nitrogens is 3. The van der Waals surface area contributed by atoms with Crippen LogP contribution >= 0.6 is 0 Å². The summed E-state index contributed by atoms with van der Waals surface area (Å²) in [5.74, 6) is 1.80. The summed E-state index contributed by atoms with van der Waals surface area (Å²) in [6, 6.07) is 13.1. The number of amides is 2. The third-order valence-corrected chi connectivity index (χ3v) is 9.46. The molecule has 3 aromatic rings. The maximum Gasteiger partial charge on any atom is 0.320 e. The summed E-state index contributed by atoms with van der Waals surface area (Å²) < 4.78 is 9.99. The molecule has 1 aliphatic carbocycles. The number of piperidine rings is 1. The third kappa shape index (κ3) is 9.00. The molecule has 0 spiro atoms. The number of benzene rings is 1. The lowest BCUT2D eigenvalue weighted by molar-refractivity contribution is 0.169. The maximum atomic E-state index is 13.5. The van der Waals surface area contributed by atoms with Crippen molar-refractivity contribution in [3.05, 3.63) is 83.4 Å². The van der Waals surface area contributed by atoms with Crippen molar-refractivity contribution in [2.24, 2.45) is 5.92 Å². The van der Waals surface area contributed by atoms with Crippen molar-refractivity contribution < 1.29 is 9.53 Å². The summed E-state index contributed by atoms with van der Waals surface area (Å²) in [7, 11) is 4.03. The molecule has 1 aliphatic heterocycles. The molecule has 0 bridgehead atoms. The van der Waals surface area contributed by atoms with E-state index in [0.29, 0.717) is 41.9 Å². The molecule has 2 amide bonds. The summed E-state index contributed by atoms with van der Waals surface area (Å²) in [5, 5.41) is 39.8. The van der Waals surface area contributed by atoms with Crippen molar-refractivity contribution in [3.8, 4) is 5.75 Å². The summed E-state index contributed by atoms with van der Waals surface area (Å²) >= 11 is 0. The van der Waals surface area contributed by atoms with E-state index in [1.54, 1.807) is 29.0 Å². The number of carbonyl (C=O) groups excluding carboxylic acids is 1. The van der Waals surface area contributed by atoms with Crippen LogP contribution in [0.25, 0.3) is 0 Å². The Morgan fingerprint density at radius 2 is 1.76 bits per heavy atom. The van der Waals surface area contributed by atoms with Gasteiger partial charge >= 0.3 is 6.03 Å². The molecule has 268 valence electrons. The predicted octanol–water partition coefficient (Wildman–Crippen LogP) is 5.65. The molecule has 1 fully saturated rings. The van der Waals surface area contributed by atoms with Crippen LogP contribution in [0.2, 0.25) is 0 Å². The number of carbonyl (C=O) groups is 1. The molecule has 4 atom stereocenters. The maximum absolute atomic E-state index is 13.5. The number of hydrogen-bond donors (Lipinski definition) is 6. The Bertz CT molecular complexity index is 1750. The van der Waals surface area contributed by atoms with Gasteiger partial charge in [-0.25, -0.2) is 4.79 Å². The number of nitrogens with one attached hydrogen (secondary N) is 6. The summed E-state index contributed by atoms with van der Waals surface area (Å²) in [6.07, 6.45) is 9.51. The Morgan fingerprint density at radius 1 is 1.04 bits per heavy atom. The van der Waals surface area contributed by atoms with E-state index in [4.69, 9.17) is 21.0 Å². The van der Waals surface area contributed by atoms with Gasteiger partial charge in [0, 0.05) is 42.7 Å². The lowest BCUT2D eigenvalue weighted by atomic mass is 9.85. The van der Waals surface area contributed by atoms with Crippen LogP contribution in [0.15, 0.2) is 66.8 Å². The molecule has 50 heavy (non-hydrogen) atoms. The molecule has 13 heteroatoms. The van der Waals surface area contributed by atoms with Crippen LogP contribution in [0, 0.1) is 22.1 Å². The Balaban J connectivity index is 1.28. The van der Waals surface area contributed by atoms with Crippen LogP contribution in [0.1, 0.15) is 83.1 Å². The number of rotatable bonds is 11. The molecule has 6 N–H and O–H groups in total. The zero-order valence-corrected chi connectivity index (χ0v) is 30.2. The number of allylic oxidation sites excluding steroid dienone is 1. The number of hydrogen-bond acceptors (Lipinski definition) is 8. The fourth-order valence-electron chi connectivity index (χ4n) is 6.61. The molecule has 5 rings (SSSR count). The van der Waals surface area contributed by atoms with Crippen LogP contribution in [-0.4, -0.2) is 74.6 Å². The highest BCUT2D eigenvalue weighted by atomic mass is 16.5. The molecule has 13 nitrogen and oxygen atoms in total. The first-order valence-corrected chi connectivity index (χ1v) is 17.6. The Hall–Kier alpha value is -4.91. The topological polar surface area (TPSA) is 163 Å². The van der Waals surface area contributed by atoms with Crippen molar-refractivity contribution in [1.29, 1.82) is 16.2 Å². The van der Waals surface area contributed by atoms with Gasteiger partial charge in [-0.15, -0.1) is 0 Å². The lowest BCUT2D eigenvalue weighted by Crippen LogP contribution is -2.51. The van der Waals surface area contributed by atoms with Gasteiger partial charge in [0.2, 0.25) is 5.96 Å².